The van der Waals surface area contributed by atoms with Crippen molar-refractivity contribution in [1.29, 1.82) is 0 Å². The van der Waals surface area contributed by atoms with Crippen LogP contribution in [0, 0.1) is 0 Å². The molecule has 204 valence electrons. The lowest BCUT2D eigenvalue weighted by molar-refractivity contribution is 0.768. The van der Waals surface area contributed by atoms with E-state index in [0.29, 0.717) is 0 Å². The lowest BCUT2D eigenvalue weighted by Crippen LogP contribution is -2.28. The number of aryl methyl sites for hydroxylation is 2. The number of hydrogen-bond donors (Lipinski definition) is 0. The van der Waals surface area contributed by atoms with Gasteiger partial charge in [-0.3, -0.25) is 0 Å². The van der Waals surface area contributed by atoms with Gasteiger partial charge < -0.3 is 4.90 Å². The normalized spacial score (nSPS) is 12.9. The summed E-state index contributed by atoms with van der Waals surface area (Å²) in [6.45, 7) is 4.46. The molecule has 42 heavy (non-hydrogen) atoms. The van der Waals surface area contributed by atoms with E-state index in [4.69, 9.17) is 0 Å². The first kappa shape index (κ1) is 26.0. The van der Waals surface area contributed by atoms with Gasteiger partial charge in [-0.2, -0.15) is 0 Å². The average Bonchev–Trinajstić information content (AvgIpc) is 3.38. The molecule has 0 amide bonds. The van der Waals surface area contributed by atoms with Crippen LogP contribution in [0.4, 0.5) is 17.1 Å². The fourth-order valence-electron chi connectivity index (χ4n) is 6.92. The largest absolute Gasteiger partial charge is 0.310 e. The number of fused-ring (bicyclic) bond motifs is 3. The van der Waals surface area contributed by atoms with E-state index in [0.717, 1.165) is 12.8 Å². The number of nitrogens with zero attached hydrogens (tertiary/aromatic N) is 1. The minimum atomic E-state index is -0.424. The second-order valence-electron chi connectivity index (χ2n) is 11.1. The van der Waals surface area contributed by atoms with Crippen molar-refractivity contribution in [2.75, 3.05) is 4.90 Å². The molecular weight excluding hydrogens is 506 g/mol. The molecule has 0 unspecified atom stereocenters. The van der Waals surface area contributed by atoms with Gasteiger partial charge >= 0.3 is 0 Å². The quantitative estimate of drug-likeness (QED) is 0.194. The average molecular weight is 542 g/mol. The second-order valence-corrected chi connectivity index (χ2v) is 11.1. The van der Waals surface area contributed by atoms with E-state index in [2.05, 4.69) is 170 Å². The number of rotatable bonds is 7. The van der Waals surface area contributed by atoms with E-state index in [-0.39, 0.29) is 0 Å². The Labute approximate surface area is 249 Å². The Kier molecular flexibility index (Phi) is 6.72. The molecule has 1 heteroatoms. The topological polar surface area (TPSA) is 3.24 Å². The van der Waals surface area contributed by atoms with Crippen LogP contribution >= 0.6 is 0 Å². The van der Waals surface area contributed by atoms with Gasteiger partial charge in [-0.15, -0.1) is 0 Å². The van der Waals surface area contributed by atoms with Crippen LogP contribution < -0.4 is 4.90 Å². The number of anilines is 3. The van der Waals surface area contributed by atoms with Crippen LogP contribution in [-0.4, -0.2) is 0 Å². The first-order valence-corrected chi connectivity index (χ1v) is 15.1. The van der Waals surface area contributed by atoms with E-state index >= 15 is 0 Å². The minimum Gasteiger partial charge on any atom is -0.310 e. The predicted molar refractivity (Wildman–Crippen MR) is 177 cm³/mol. The molecule has 0 radical (unpaired) electrons. The van der Waals surface area contributed by atoms with E-state index < -0.39 is 5.41 Å². The van der Waals surface area contributed by atoms with Crippen LogP contribution in [0.15, 0.2) is 152 Å². The van der Waals surface area contributed by atoms with Gasteiger partial charge in [0, 0.05) is 16.9 Å². The molecule has 0 atom stereocenters. The summed E-state index contributed by atoms with van der Waals surface area (Å²) in [4.78, 5) is 2.47. The predicted octanol–water partition coefficient (Wildman–Crippen LogP) is 10.6. The number of hydrogen-bond acceptors (Lipinski definition) is 1. The molecule has 6 aromatic carbocycles. The lowest BCUT2D eigenvalue weighted by Gasteiger charge is -2.34. The third-order valence-electron chi connectivity index (χ3n) is 8.86. The Bertz CT molecular complexity index is 1760. The first-order valence-electron chi connectivity index (χ1n) is 15.1. The molecule has 6 aromatic rings. The molecule has 1 aliphatic rings. The maximum Gasteiger partial charge on any atom is 0.0714 e. The van der Waals surface area contributed by atoms with Gasteiger partial charge in [-0.05, 0) is 82.1 Å². The van der Waals surface area contributed by atoms with Crippen molar-refractivity contribution < 1.29 is 0 Å². The van der Waals surface area contributed by atoms with Crippen LogP contribution in [0.2, 0.25) is 0 Å². The van der Waals surface area contributed by atoms with Gasteiger partial charge in [-0.25, -0.2) is 0 Å². The van der Waals surface area contributed by atoms with Crippen LogP contribution in [-0.2, 0) is 18.3 Å². The highest BCUT2D eigenvalue weighted by atomic mass is 15.1. The molecule has 0 bridgehead atoms. The fourth-order valence-corrected chi connectivity index (χ4v) is 6.92. The molecule has 1 nitrogen and oxygen atoms in total. The van der Waals surface area contributed by atoms with Crippen molar-refractivity contribution in [2.24, 2.45) is 0 Å². The molecule has 0 fully saturated rings. The summed E-state index contributed by atoms with van der Waals surface area (Å²) >= 11 is 0. The lowest BCUT2D eigenvalue weighted by atomic mass is 9.68. The zero-order chi connectivity index (χ0) is 28.5. The Morgan fingerprint density at radius 1 is 0.476 bits per heavy atom. The SMILES string of the molecule is CCc1cccc(N(c2cccc(CC)c2)c2cccc3c2-c2ccccc2C3(c2ccccc2)c2ccccc2)c1. The summed E-state index contributed by atoms with van der Waals surface area (Å²) in [5, 5.41) is 0. The third-order valence-corrected chi connectivity index (χ3v) is 8.86. The zero-order valence-electron chi connectivity index (χ0n) is 24.3. The molecule has 0 spiro atoms. The Balaban J connectivity index is 1.59. The first-order chi connectivity index (χ1) is 20.8. The number of benzene rings is 6. The van der Waals surface area contributed by atoms with Gasteiger partial charge in [0.05, 0.1) is 11.1 Å². The van der Waals surface area contributed by atoms with E-state index in [1.54, 1.807) is 0 Å². The summed E-state index contributed by atoms with van der Waals surface area (Å²) in [5.74, 6) is 0. The molecule has 0 aromatic heterocycles. The van der Waals surface area contributed by atoms with Crippen LogP contribution in [0.3, 0.4) is 0 Å². The summed E-state index contributed by atoms with van der Waals surface area (Å²) in [6, 6.07) is 56.0. The van der Waals surface area contributed by atoms with Crippen molar-refractivity contribution >= 4 is 17.1 Å². The van der Waals surface area contributed by atoms with Crippen molar-refractivity contribution in [3.8, 4) is 11.1 Å². The van der Waals surface area contributed by atoms with Gasteiger partial charge in [-0.1, -0.05) is 135 Å². The smallest absolute Gasteiger partial charge is 0.0714 e. The van der Waals surface area contributed by atoms with Crippen molar-refractivity contribution in [3.05, 3.63) is 185 Å². The molecule has 0 N–H and O–H groups in total. The monoisotopic (exact) mass is 541 g/mol. The van der Waals surface area contributed by atoms with E-state index in [1.807, 2.05) is 0 Å². The zero-order valence-corrected chi connectivity index (χ0v) is 24.3. The van der Waals surface area contributed by atoms with Crippen LogP contribution in [0.5, 0.6) is 0 Å². The van der Waals surface area contributed by atoms with Gasteiger partial charge in [0.2, 0.25) is 0 Å². The molecule has 1 aliphatic carbocycles. The Hall–Kier alpha value is -4.88. The highest BCUT2D eigenvalue weighted by molar-refractivity contribution is 5.97. The summed E-state index contributed by atoms with van der Waals surface area (Å²) in [7, 11) is 0. The minimum absolute atomic E-state index is 0.424. The summed E-state index contributed by atoms with van der Waals surface area (Å²) in [5.41, 5.74) is 13.6. The fraction of sp³-hybridized carbons (Fsp3) is 0.122. The molecular formula is C41H35N. The van der Waals surface area contributed by atoms with E-state index in [9.17, 15) is 0 Å². The maximum absolute atomic E-state index is 2.47. The Morgan fingerprint density at radius 3 is 1.55 bits per heavy atom. The summed E-state index contributed by atoms with van der Waals surface area (Å²) in [6.07, 6.45) is 2.00. The highest BCUT2D eigenvalue weighted by Gasteiger charge is 2.47. The van der Waals surface area contributed by atoms with Crippen molar-refractivity contribution in [3.63, 3.8) is 0 Å². The summed E-state index contributed by atoms with van der Waals surface area (Å²) < 4.78 is 0. The Morgan fingerprint density at radius 2 is 0.976 bits per heavy atom. The third kappa shape index (κ3) is 4.08. The molecule has 0 saturated carbocycles. The second kappa shape index (κ2) is 10.8. The van der Waals surface area contributed by atoms with Gasteiger partial charge in [0.1, 0.15) is 0 Å². The standard InChI is InChI=1S/C41H35N/c1-3-30-16-13-22-34(28-30)42(35-23-14-17-31(4-2)29-35)39-27-15-26-38-40(39)36-24-11-12-25-37(36)41(38,32-18-7-5-8-19-32)33-20-9-6-10-21-33/h5-29H,3-4H2,1-2H3. The molecule has 7 rings (SSSR count). The van der Waals surface area contributed by atoms with E-state index in [1.165, 1.54) is 61.6 Å². The van der Waals surface area contributed by atoms with Crippen LogP contribution in [0.1, 0.15) is 47.2 Å². The molecule has 0 aliphatic heterocycles. The van der Waals surface area contributed by atoms with Crippen molar-refractivity contribution in [1.82, 2.24) is 0 Å². The van der Waals surface area contributed by atoms with Crippen molar-refractivity contribution in [2.45, 2.75) is 32.1 Å². The molecule has 0 heterocycles. The maximum atomic E-state index is 2.47. The van der Waals surface area contributed by atoms with Gasteiger partial charge in [0.25, 0.3) is 0 Å². The van der Waals surface area contributed by atoms with Gasteiger partial charge in [0.15, 0.2) is 0 Å². The van der Waals surface area contributed by atoms with Crippen LogP contribution in [0.25, 0.3) is 11.1 Å². The molecule has 0 saturated heterocycles. The highest BCUT2D eigenvalue weighted by Crippen LogP contribution is 2.59.